The van der Waals surface area contributed by atoms with Gasteiger partial charge >= 0.3 is 6.09 Å². The molecule has 1 aliphatic rings. The molecule has 1 aliphatic heterocycles. The van der Waals surface area contributed by atoms with E-state index >= 15 is 0 Å². The first kappa shape index (κ1) is 20.4. The Morgan fingerprint density at radius 3 is 2.81 bits per heavy atom. The van der Waals surface area contributed by atoms with Crippen molar-refractivity contribution in [1.29, 1.82) is 0 Å². The van der Waals surface area contributed by atoms with E-state index in [1.165, 1.54) is 4.90 Å². The van der Waals surface area contributed by atoms with Crippen LogP contribution in [-0.2, 0) is 4.74 Å². The molecule has 3 rings (SSSR count). The number of aromatic nitrogens is 1. The van der Waals surface area contributed by atoms with Gasteiger partial charge in [-0.2, -0.15) is 0 Å². The van der Waals surface area contributed by atoms with E-state index in [-0.39, 0.29) is 12.1 Å². The van der Waals surface area contributed by atoms with Gasteiger partial charge < -0.3 is 9.64 Å². The SMILES string of the molecule is C[C@H]1CN(C(=O)OC(C)(C)C)CCCN1Sc1ccc2cnccc2c1Br. The van der Waals surface area contributed by atoms with Crippen molar-refractivity contribution in [2.24, 2.45) is 0 Å². The first-order valence-electron chi connectivity index (χ1n) is 9.19. The van der Waals surface area contributed by atoms with Crippen molar-refractivity contribution in [2.45, 2.75) is 50.7 Å². The maximum absolute atomic E-state index is 12.4. The smallest absolute Gasteiger partial charge is 0.410 e. The molecule has 1 saturated heterocycles. The van der Waals surface area contributed by atoms with Gasteiger partial charge in [0.1, 0.15) is 5.60 Å². The monoisotopic (exact) mass is 451 g/mol. The predicted octanol–water partition coefficient (Wildman–Crippen LogP) is 5.34. The van der Waals surface area contributed by atoms with Crippen LogP contribution in [0.25, 0.3) is 10.8 Å². The third-order valence-electron chi connectivity index (χ3n) is 4.37. The van der Waals surface area contributed by atoms with Gasteiger partial charge in [0.25, 0.3) is 0 Å². The van der Waals surface area contributed by atoms with Gasteiger partial charge in [-0.05, 0) is 74.1 Å². The van der Waals surface area contributed by atoms with E-state index in [0.29, 0.717) is 6.54 Å². The van der Waals surface area contributed by atoms with Gasteiger partial charge in [-0.1, -0.05) is 6.07 Å². The number of halogens is 1. The summed E-state index contributed by atoms with van der Waals surface area (Å²) in [4.78, 5) is 19.6. The fourth-order valence-corrected chi connectivity index (χ4v) is 4.82. The number of carbonyl (C=O) groups is 1. The molecular formula is C20H26BrN3O2S. The van der Waals surface area contributed by atoms with Crippen LogP contribution in [0.4, 0.5) is 4.79 Å². The second-order valence-electron chi connectivity index (χ2n) is 7.84. The fraction of sp³-hybridized carbons (Fsp3) is 0.500. The minimum absolute atomic E-state index is 0.222. The normalized spacial score (nSPS) is 19.1. The first-order chi connectivity index (χ1) is 12.7. The lowest BCUT2D eigenvalue weighted by Gasteiger charge is -2.29. The summed E-state index contributed by atoms with van der Waals surface area (Å²) in [6, 6.07) is 6.48. The number of pyridine rings is 1. The minimum atomic E-state index is -0.466. The average Bonchev–Trinajstić information content (AvgIpc) is 2.78. The molecule has 0 N–H and O–H groups in total. The Morgan fingerprint density at radius 2 is 2.07 bits per heavy atom. The maximum Gasteiger partial charge on any atom is 0.410 e. The van der Waals surface area contributed by atoms with Gasteiger partial charge in [-0.15, -0.1) is 0 Å². The second-order valence-corrected chi connectivity index (χ2v) is 9.72. The number of hydrogen-bond acceptors (Lipinski definition) is 5. The lowest BCUT2D eigenvalue weighted by Crippen LogP contribution is -2.41. The third kappa shape index (κ3) is 5.15. The van der Waals surface area contributed by atoms with Gasteiger partial charge in [0.2, 0.25) is 0 Å². The summed E-state index contributed by atoms with van der Waals surface area (Å²) in [5.41, 5.74) is -0.466. The molecule has 0 aliphatic carbocycles. The molecule has 146 valence electrons. The Morgan fingerprint density at radius 1 is 1.30 bits per heavy atom. The fourth-order valence-electron chi connectivity index (χ4n) is 3.07. The zero-order chi connectivity index (χ0) is 19.6. The molecule has 1 aromatic heterocycles. The molecule has 27 heavy (non-hydrogen) atoms. The Labute approximate surface area is 173 Å². The van der Waals surface area contributed by atoms with Gasteiger partial charge in [0.15, 0.2) is 0 Å². The average molecular weight is 452 g/mol. The minimum Gasteiger partial charge on any atom is -0.444 e. The molecule has 0 saturated carbocycles. The van der Waals surface area contributed by atoms with Crippen LogP contribution < -0.4 is 0 Å². The molecule has 2 aromatic rings. The van der Waals surface area contributed by atoms with Crippen LogP contribution in [-0.4, -0.2) is 51.6 Å². The highest BCUT2D eigenvalue weighted by Gasteiger charge is 2.28. The van der Waals surface area contributed by atoms with Crippen LogP contribution in [0.1, 0.15) is 34.1 Å². The van der Waals surface area contributed by atoms with Crippen LogP contribution in [0.3, 0.4) is 0 Å². The van der Waals surface area contributed by atoms with Crippen LogP contribution >= 0.6 is 27.9 Å². The number of hydrogen-bond donors (Lipinski definition) is 0. The first-order valence-corrected chi connectivity index (χ1v) is 10.8. The summed E-state index contributed by atoms with van der Waals surface area (Å²) in [6.07, 6.45) is 4.39. The molecule has 1 fully saturated rings. The van der Waals surface area contributed by atoms with Crippen molar-refractivity contribution in [3.8, 4) is 0 Å². The summed E-state index contributed by atoms with van der Waals surface area (Å²) in [5.74, 6) is 0. The van der Waals surface area contributed by atoms with Gasteiger partial charge in [-0.25, -0.2) is 9.10 Å². The van der Waals surface area contributed by atoms with E-state index in [4.69, 9.17) is 4.74 Å². The number of nitrogens with zero attached hydrogens (tertiary/aromatic N) is 3. The van der Waals surface area contributed by atoms with Crippen molar-refractivity contribution >= 4 is 44.7 Å². The summed E-state index contributed by atoms with van der Waals surface area (Å²) in [5, 5.41) is 2.28. The van der Waals surface area contributed by atoms with E-state index in [1.807, 2.05) is 44.1 Å². The Hall–Kier alpha value is -1.31. The molecule has 5 nitrogen and oxygen atoms in total. The van der Waals surface area contributed by atoms with Crippen LogP contribution in [0.15, 0.2) is 40.0 Å². The molecular weight excluding hydrogens is 426 g/mol. The van der Waals surface area contributed by atoms with Crippen molar-refractivity contribution < 1.29 is 9.53 Å². The van der Waals surface area contributed by atoms with E-state index in [2.05, 4.69) is 44.3 Å². The van der Waals surface area contributed by atoms with Crippen molar-refractivity contribution in [3.05, 3.63) is 35.1 Å². The summed E-state index contributed by atoms with van der Waals surface area (Å²) in [7, 11) is 0. The number of ether oxygens (including phenoxy) is 1. The largest absolute Gasteiger partial charge is 0.444 e. The molecule has 0 unspecified atom stereocenters. The predicted molar refractivity (Wildman–Crippen MR) is 114 cm³/mol. The topological polar surface area (TPSA) is 45.7 Å². The molecule has 1 atom stereocenters. The lowest BCUT2D eigenvalue weighted by molar-refractivity contribution is 0.0245. The highest BCUT2D eigenvalue weighted by molar-refractivity contribution is 9.10. The highest BCUT2D eigenvalue weighted by atomic mass is 79.9. The number of fused-ring (bicyclic) bond motifs is 1. The van der Waals surface area contributed by atoms with Gasteiger partial charge in [0.05, 0.1) is 0 Å². The van der Waals surface area contributed by atoms with Crippen molar-refractivity contribution in [1.82, 2.24) is 14.2 Å². The Bertz CT molecular complexity index is 824. The molecule has 1 aromatic carbocycles. The van der Waals surface area contributed by atoms with Crippen molar-refractivity contribution in [2.75, 3.05) is 19.6 Å². The molecule has 7 heteroatoms. The van der Waals surface area contributed by atoms with Crippen LogP contribution in [0.2, 0.25) is 0 Å². The standard InChI is InChI=1S/C20H26BrN3O2S/c1-14-13-23(19(25)26-20(2,3)4)10-5-11-24(14)27-17-7-6-15-12-22-9-8-16(15)18(17)21/h6-9,12,14H,5,10-11,13H2,1-4H3/t14-/m0/s1. The molecule has 2 heterocycles. The molecule has 0 radical (unpaired) electrons. The quantitative estimate of drug-likeness (QED) is 0.576. The van der Waals surface area contributed by atoms with Gasteiger partial charge in [-0.3, -0.25) is 4.98 Å². The Kier molecular flexibility index (Phi) is 6.33. The summed E-state index contributed by atoms with van der Waals surface area (Å²) in [6.45, 7) is 10.2. The number of carbonyl (C=O) groups excluding carboxylic acids is 1. The third-order valence-corrected chi connectivity index (χ3v) is 6.80. The van der Waals surface area contributed by atoms with E-state index in [9.17, 15) is 4.79 Å². The number of rotatable bonds is 2. The van der Waals surface area contributed by atoms with Crippen LogP contribution in [0.5, 0.6) is 0 Å². The maximum atomic E-state index is 12.4. The zero-order valence-electron chi connectivity index (χ0n) is 16.2. The number of amides is 1. The van der Waals surface area contributed by atoms with Crippen molar-refractivity contribution in [3.63, 3.8) is 0 Å². The van der Waals surface area contributed by atoms with E-state index in [0.717, 1.165) is 34.8 Å². The molecule has 0 bridgehead atoms. The lowest BCUT2D eigenvalue weighted by atomic mass is 10.2. The van der Waals surface area contributed by atoms with Gasteiger partial charge in [0, 0.05) is 58.2 Å². The second kappa shape index (κ2) is 8.37. The number of benzene rings is 1. The van der Waals surface area contributed by atoms with E-state index in [1.54, 1.807) is 11.9 Å². The van der Waals surface area contributed by atoms with Crippen LogP contribution in [0, 0.1) is 0 Å². The summed E-state index contributed by atoms with van der Waals surface area (Å²) >= 11 is 5.50. The zero-order valence-corrected chi connectivity index (χ0v) is 18.6. The highest BCUT2D eigenvalue weighted by Crippen LogP contribution is 2.37. The molecule has 0 spiro atoms. The van der Waals surface area contributed by atoms with E-state index < -0.39 is 5.60 Å². The molecule has 1 amide bonds. The Balaban J connectivity index is 1.71. The summed E-state index contributed by atoms with van der Waals surface area (Å²) < 4.78 is 9.00.